The third-order valence-electron chi connectivity index (χ3n) is 7.27. The van der Waals surface area contributed by atoms with Crippen LogP contribution in [0.2, 0.25) is 0 Å². The summed E-state index contributed by atoms with van der Waals surface area (Å²) in [6, 6.07) is 17.0. The van der Waals surface area contributed by atoms with Gasteiger partial charge in [-0.1, -0.05) is 12.1 Å². The van der Waals surface area contributed by atoms with Gasteiger partial charge in [-0.15, -0.1) is 0 Å². The highest BCUT2D eigenvalue weighted by Gasteiger charge is 2.32. The number of anilines is 1. The Labute approximate surface area is 235 Å². The number of likely N-dealkylation sites (N-methyl/N-ethyl adjacent to an activating group) is 1. The zero-order chi connectivity index (χ0) is 28.1. The zero-order valence-corrected chi connectivity index (χ0v) is 23.8. The van der Waals surface area contributed by atoms with Crippen LogP contribution in [0, 0.1) is 5.82 Å². The van der Waals surface area contributed by atoms with Crippen LogP contribution in [0.5, 0.6) is 5.75 Å². The SMILES string of the molecule is CCNc1nccc(-c2c(-c3ccc(F)cc3)nc3n2C(CN(CCN(C)C)Cc2cccc(OC)c2)CC3)n1. The molecule has 0 bridgehead atoms. The predicted molar refractivity (Wildman–Crippen MR) is 157 cm³/mol. The molecule has 1 unspecified atom stereocenters. The Morgan fingerprint density at radius 1 is 1.07 bits per heavy atom. The number of methoxy groups -OCH3 is 1. The van der Waals surface area contributed by atoms with Crippen LogP contribution in [0.4, 0.5) is 10.3 Å². The molecule has 1 atom stereocenters. The van der Waals surface area contributed by atoms with Gasteiger partial charge in [-0.2, -0.15) is 0 Å². The lowest BCUT2D eigenvalue weighted by atomic mass is 10.1. The van der Waals surface area contributed by atoms with Crippen LogP contribution >= 0.6 is 0 Å². The summed E-state index contributed by atoms with van der Waals surface area (Å²) in [5, 5.41) is 3.23. The number of rotatable bonds is 12. The number of aryl methyl sites for hydroxylation is 1. The predicted octanol–water partition coefficient (Wildman–Crippen LogP) is 5.14. The number of imidazole rings is 1. The minimum Gasteiger partial charge on any atom is -0.497 e. The van der Waals surface area contributed by atoms with E-state index in [1.54, 1.807) is 25.4 Å². The Kier molecular flexibility index (Phi) is 8.72. The van der Waals surface area contributed by atoms with E-state index in [-0.39, 0.29) is 11.9 Å². The molecule has 0 aliphatic carbocycles. The second-order valence-corrected chi connectivity index (χ2v) is 10.5. The summed E-state index contributed by atoms with van der Waals surface area (Å²) in [7, 11) is 5.92. The van der Waals surface area contributed by atoms with Crippen molar-refractivity contribution in [1.29, 1.82) is 0 Å². The fourth-order valence-electron chi connectivity index (χ4n) is 5.34. The van der Waals surface area contributed by atoms with Gasteiger partial charge in [-0.3, -0.25) is 4.90 Å². The number of fused-ring (bicyclic) bond motifs is 1. The highest BCUT2D eigenvalue weighted by Crippen LogP contribution is 2.39. The maximum Gasteiger partial charge on any atom is 0.223 e. The molecule has 2 aromatic heterocycles. The van der Waals surface area contributed by atoms with Gasteiger partial charge in [0.25, 0.3) is 0 Å². The third kappa shape index (κ3) is 6.32. The first-order chi connectivity index (χ1) is 19.4. The molecule has 1 N–H and O–H groups in total. The molecule has 4 aromatic rings. The standard InChI is InChI=1S/C31H38FN7O/c1-5-33-31-34-16-15-27(35-31)30-29(23-9-11-24(32)12-10-23)36-28-14-13-25(39(28)30)21-38(18-17-37(2)3)20-22-7-6-8-26(19-22)40-4/h6-12,15-16,19,25H,5,13-14,17-18,20-21H2,1-4H3,(H,33,34,35). The van der Waals surface area contributed by atoms with Crippen molar-refractivity contribution < 1.29 is 9.13 Å². The van der Waals surface area contributed by atoms with Gasteiger partial charge >= 0.3 is 0 Å². The molecule has 8 nitrogen and oxygen atoms in total. The molecule has 3 heterocycles. The molecule has 0 saturated heterocycles. The molecule has 1 aliphatic rings. The van der Waals surface area contributed by atoms with Crippen LogP contribution in [0.25, 0.3) is 22.6 Å². The fraction of sp³-hybridized carbons (Fsp3) is 0.387. The van der Waals surface area contributed by atoms with Crippen molar-refractivity contribution in [2.75, 3.05) is 52.7 Å². The number of nitrogens with zero attached hydrogens (tertiary/aromatic N) is 6. The zero-order valence-electron chi connectivity index (χ0n) is 23.8. The summed E-state index contributed by atoms with van der Waals surface area (Å²) in [6.07, 6.45) is 3.66. The molecule has 5 rings (SSSR count). The van der Waals surface area contributed by atoms with Gasteiger partial charge in [-0.25, -0.2) is 19.3 Å². The highest BCUT2D eigenvalue weighted by atomic mass is 19.1. The largest absolute Gasteiger partial charge is 0.497 e. The van der Waals surface area contributed by atoms with Crippen molar-refractivity contribution >= 4 is 5.95 Å². The molecule has 210 valence electrons. The summed E-state index contributed by atoms with van der Waals surface area (Å²) < 4.78 is 21.7. The molecule has 0 amide bonds. The fourth-order valence-corrected chi connectivity index (χ4v) is 5.34. The summed E-state index contributed by atoms with van der Waals surface area (Å²) in [4.78, 5) is 19.1. The van der Waals surface area contributed by atoms with E-state index in [2.05, 4.69) is 50.9 Å². The van der Waals surface area contributed by atoms with E-state index >= 15 is 0 Å². The first-order valence-electron chi connectivity index (χ1n) is 13.9. The van der Waals surface area contributed by atoms with Gasteiger partial charge in [0.2, 0.25) is 5.95 Å². The Morgan fingerprint density at radius 2 is 1.90 bits per heavy atom. The Bertz CT molecular complexity index is 1420. The summed E-state index contributed by atoms with van der Waals surface area (Å²) in [5.41, 5.74) is 4.69. The van der Waals surface area contributed by atoms with Crippen molar-refractivity contribution in [3.05, 3.63) is 78.0 Å². The average molecular weight is 544 g/mol. The molecule has 9 heteroatoms. The first kappa shape index (κ1) is 27.7. The maximum absolute atomic E-state index is 13.8. The van der Waals surface area contributed by atoms with E-state index in [4.69, 9.17) is 14.7 Å². The minimum absolute atomic E-state index is 0.219. The van der Waals surface area contributed by atoms with E-state index < -0.39 is 0 Å². The Hall–Kier alpha value is -3.82. The van der Waals surface area contributed by atoms with Crippen LogP contribution in [-0.2, 0) is 13.0 Å². The van der Waals surface area contributed by atoms with Crippen LogP contribution in [-0.4, -0.2) is 76.7 Å². The molecule has 0 radical (unpaired) electrons. The maximum atomic E-state index is 13.8. The molecule has 2 aromatic carbocycles. The topological polar surface area (TPSA) is 71.3 Å². The number of benzene rings is 2. The second-order valence-electron chi connectivity index (χ2n) is 10.5. The summed E-state index contributed by atoms with van der Waals surface area (Å²) >= 11 is 0. The van der Waals surface area contributed by atoms with Gasteiger partial charge in [0, 0.05) is 56.9 Å². The summed E-state index contributed by atoms with van der Waals surface area (Å²) in [5.74, 6) is 2.23. The molecular weight excluding hydrogens is 505 g/mol. The Morgan fingerprint density at radius 3 is 2.65 bits per heavy atom. The number of hydrogen-bond acceptors (Lipinski definition) is 7. The quantitative estimate of drug-likeness (QED) is 0.265. The van der Waals surface area contributed by atoms with E-state index in [1.165, 1.54) is 17.7 Å². The van der Waals surface area contributed by atoms with Gasteiger partial charge in [-0.05, 0) is 75.5 Å². The van der Waals surface area contributed by atoms with Crippen molar-refractivity contribution in [2.45, 2.75) is 32.4 Å². The van der Waals surface area contributed by atoms with Gasteiger partial charge in [0.15, 0.2) is 0 Å². The number of hydrogen-bond donors (Lipinski definition) is 1. The highest BCUT2D eigenvalue weighted by molar-refractivity contribution is 5.78. The van der Waals surface area contributed by atoms with Crippen LogP contribution in [0.15, 0.2) is 60.8 Å². The molecule has 1 aliphatic heterocycles. The number of aromatic nitrogens is 4. The van der Waals surface area contributed by atoms with Crippen LogP contribution < -0.4 is 10.1 Å². The molecular formula is C31H38FN7O. The van der Waals surface area contributed by atoms with Gasteiger partial charge < -0.3 is 19.5 Å². The van der Waals surface area contributed by atoms with E-state index in [9.17, 15) is 4.39 Å². The van der Waals surface area contributed by atoms with E-state index in [0.29, 0.717) is 5.95 Å². The second kappa shape index (κ2) is 12.6. The average Bonchev–Trinajstić information content (AvgIpc) is 3.52. The Balaban J connectivity index is 1.53. The first-order valence-corrected chi connectivity index (χ1v) is 13.9. The van der Waals surface area contributed by atoms with Crippen LogP contribution in [0.3, 0.4) is 0 Å². The lowest BCUT2D eigenvalue weighted by molar-refractivity contribution is 0.204. The lowest BCUT2D eigenvalue weighted by Crippen LogP contribution is -2.35. The van der Waals surface area contributed by atoms with Crippen molar-refractivity contribution in [2.24, 2.45) is 0 Å². The third-order valence-corrected chi connectivity index (χ3v) is 7.27. The van der Waals surface area contributed by atoms with E-state index in [0.717, 1.165) is 79.8 Å². The normalized spacial score (nSPS) is 14.6. The smallest absolute Gasteiger partial charge is 0.223 e. The van der Waals surface area contributed by atoms with Gasteiger partial charge in [0.1, 0.15) is 17.4 Å². The van der Waals surface area contributed by atoms with Crippen molar-refractivity contribution in [1.82, 2.24) is 29.3 Å². The van der Waals surface area contributed by atoms with Crippen LogP contribution in [0.1, 0.15) is 30.8 Å². The number of ether oxygens (including phenoxy) is 1. The number of nitrogens with one attached hydrogen (secondary N) is 1. The lowest BCUT2D eigenvalue weighted by Gasteiger charge is -2.28. The summed E-state index contributed by atoms with van der Waals surface area (Å²) in [6.45, 7) is 6.34. The number of halogens is 1. The molecule has 0 fully saturated rings. The van der Waals surface area contributed by atoms with Crippen molar-refractivity contribution in [3.8, 4) is 28.4 Å². The minimum atomic E-state index is -0.263. The molecule has 40 heavy (non-hydrogen) atoms. The van der Waals surface area contributed by atoms with Gasteiger partial charge in [0.05, 0.1) is 24.2 Å². The monoisotopic (exact) mass is 543 g/mol. The molecule has 0 saturated carbocycles. The molecule has 0 spiro atoms. The van der Waals surface area contributed by atoms with Crippen molar-refractivity contribution in [3.63, 3.8) is 0 Å². The van der Waals surface area contributed by atoms with E-state index in [1.807, 2.05) is 25.1 Å².